The lowest BCUT2D eigenvalue weighted by Gasteiger charge is -2.23. The summed E-state index contributed by atoms with van der Waals surface area (Å²) in [5.41, 5.74) is 3.69. The molecule has 0 aliphatic carbocycles. The molecule has 0 bridgehead atoms. The van der Waals surface area contributed by atoms with Gasteiger partial charge in [-0.3, -0.25) is 4.79 Å². The monoisotopic (exact) mass is 399 g/mol. The third-order valence-corrected chi connectivity index (χ3v) is 5.50. The number of rotatable bonds is 5. The number of halogens is 1. The van der Waals surface area contributed by atoms with E-state index < -0.39 is 0 Å². The highest BCUT2D eigenvalue weighted by Gasteiger charge is 2.28. The third kappa shape index (κ3) is 4.72. The highest BCUT2D eigenvalue weighted by molar-refractivity contribution is 5.90. The van der Waals surface area contributed by atoms with Crippen molar-refractivity contribution in [1.82, 2.24) is 20.2 Å². The molecule has 29 heavy (non-hydrogen) atoms. The molecule has 1 N–H and O–H groups in total. The molecule has 7 heteroatoms. The van der Waals surface area contributed by atoms with E-state index in [1.807, 2.05) is 26.8 Å². The van der Waals surface area contributed by atoms with E-state index in [1.54, 1.807) is 26.2 Å². The minimum absolute atomic E-state index is 0.0495. The molecular weight excluding hydrogens is 369 g/mol. The molecule has 1 aliphatic heterocycles. The van der Waals surface area contributed by atoms with Crippen LogP contribution in [-0.4, -0.2) is 54.0 Å². The molecule has 1 fully saturated rings. The highest BCUT2D eigenvalue weighted by atomic mass is 19.1. The molecule has 2 aromatic rings. The Balaban J connectivity index is 1.74. The van der Waals surface area contributed by atoms with E-state index in [4.69, 9.17) is 0 Å². The topological polar surface area (TPSA) is 61.4 Å². The predicted molar refractivity (Wildman–Crippen MR) is 113 cm³/mol. The van der Waals surface area contributed by atoms with Crippen molar-refractivity contribution in [3.63, 3.8) is 0 Å². The number of carbonyl (C=O) groups is 1. The van der Waals surface area contributed by atoms with Gasteiger partial charge >= 0.3 is 0 Å². The normalized spacial score (nSPS) is 17.5. The van der Waals surface area contributed by atoms with E-state index in [0.29, 0.717) is 0 Å². The fourth-order valence-corrected chi connectivity index (χ4v) is 3.77. The molecule has 1 amide bonds. The fourth-order valence-electron chi connectivity index (χ4n) is 3.77. The molecule has 2 heterocycles. The van der Waals surface area contributed by atoms with Gasteiger partial charge in [-0.1, -0.05) is 6.07 Å². The van der Waals surface area contributed by atoms with Gasteiger partial charge < -0.3 is 15.1 Å². The number of carbonyl (C=O) groups excluding carboxylic acids is 1. The summed E-state index contributed by atoms with van der Waals surface area (Å²) in [5, 5.41) is 3.61. The van der Waals surface area contributed by atoms with Crippen LogP contribution in [0.15, 0.2) is 18.2 Å². The fraction of sp³-hybridized carbons (Fsp3) is 0.500. The zero-order chi connectivity index (χ0) is 21.3. The Kier molecular flexibility index (Phi) is 6.17. The zero-order valence-electron chi connectivity index (χ0n) is 18.1. The molecule has 1 unspecified atom stereocenters. The molecule has 156 valence electrons. The van der Waals surface area contributed by atoms with Crippen molar-refractivity contribution >= 4 is 11.7 Å². The second-order valence-electron chi connectivity index (χ2n) is 8.16. The van der Waals surface area contributed by atoms with Crippen LogP contribution >= 0.6 is 0 Å². The molecule has 1 saturated heterocycles. The molecule has 0 saturated carbocycles. The molecule has 6 nitrogen and oxygen atoms in total. The van der Waals surface area contributed by atoms with Crippen molar-refractivity contribution in [1.29, 1.82) is 0 Å². The summed E-state index contributed by atoms with van der Waals surface area (Å²) >= 11 is 0. The average molecular weight is 400 g/mol. The maximum Gasteiger partial charge on any atom is 0.291 e. The first-order valence-electron chi connectivity index (χ1n) is 10.0. The Labute approximate surface area is 172 Å². The standard InChI is InChI=1S/C22H30FN5O/c1-13-9-17(11-18(23)10-13)16(4)24-19-7-8-28(12-19)21-14(2)15(3)25-20(26-21)22(29)27(5)6/h9-11,16,19,24H,7-8,12H2,1-6H3/t16?,19-/m1/s1. The number of amides is 1. The van der Waals surface area contributed by atoms with Crippen LogP contribution in [0.2, 0.25) is 0 Å². The number of aromatic nitrogens is 2. The number of nitrogens with one attached hydrogen (secondary N) is 1. The second kappa shape index (κ2) is 8.45. The molecule has 0 radical (unpaired) electrons. The lowest BCUT2D eigenvalue weighted by molar-refractivity contribution is 0.0815. The summed E-state index contributed by atoms with van der Waals surface area (Å²) in [6.07, 6.45) is 0.956. The summed E-state index contributed by atoms with van der Waals surface area (Å²) in [7, 11) is 3.40. The number of aryl methyl sites for hydroxylation is 2. The van der Waals surface area contributed by atoms with Crippen molar-refractivity contribution in [2.75, 3.05) is 32.1 Å². The van der Waals surface area contributed by atoms with E-state index >= 15 is 0 Å². The molecular formula is C22H30FN5O. The summed E-state index contributed by atoms with van der Waals surface area (Å²) in [6, 6.07) is 5.46. The molecule has 0 spiro atoms. The first-order chi connectivity index (χ1) is 13.7. The van der Waals surface area contributed by atoms with Crippen LogP contribution in [0.5, 0.6) is 0 Å². The average Bonchev–Trinajstić information content (AvgIpc) is 3.10. The van der Waals surface area contributed by atoms with E-state index in [0.717, 1.165) is 47.7 Å². The van der Waals surface area contributed by atoms with Crippen LogP contribution in [0, 0.1) is 26.6 Å². The van der Waals surface area contributed by atoms with Gasteiger partial charge in [-0.25, -0.2) is 14.4 Å². The minimum atomic E-state index is -0.202. The first-order valence-corrected chi connectivity index (χ1v) is 10.0. The number of hydrogen-bond acceptors (Lipinski definition) is 5. The molecule has 2 atom stereocenters. The predicted octanol–water partition coefficient (Wildman–Crippen LogP) is 3.17. The zero-order valence-corrected chi connectivity index (χ0v) is 18.1. The minimum Gasteiger partial charge on any atom is -0.355 e. The first kappa shape index (κ1) is 21.2. The maximum atomic E-state index is 13.7. The lowest BCUT2D eigenvalue weighted by Crippen LogP contribution is -2.35. The largest absolute Gasteiger partial charge is 0.355 e. The van der Waals surface area contributed by atoms with Gasteiger partial charge in [0.25, 0.3) is 5.91 Å². The van der Waals surface area contributed by atoms with Crippen molar-refractivity contribution in [2.45, 2.75) is 46.2 Å². The highest BCUT2D eigenvalue weighted by Crippen LogP contribution is 2.26. The summed E-state index contributed by atoms with van der Waals surface area (Å²) in [4.78, 5) is 25.0. The molecule has 1 aliphatic rings. The summed E-state index contributed by atoms with van der Waals surface area (Å²) in [5.74, 6) is 0.652. The van der Waals surface area contributed by atoms with Crippen molar-refractivity contribution < 1.29 is 9.18 Å². The van der Waals surface area contributed by atoms with Crippen molar-refractivity contribution in [3.8, 4) is 0 Å². The van der Waals surface area contributed by atoms with E-state index in [9.17, 15) is 9.18 Å². The summed E-state index contributed by atoms with van der Waals surface area (Å²) in [6.45, 7) is 9.50. The van der Waals surface area contributed by atoms with E-state index in [2.05, 4.69) is 27.1 Å². The van der Waals surface area contributed by atoms with Crippen LogP contribution < -0.4 is 10.2 Å². The number of hydrogen-bond donors (Lipinski definition) is 1. The summed E-state index contributed by atoms with van der Waals surface area (Å²) < 4.78 is 13.7. The van der Waals surface area contributed by atoms with Gasteiger partial charge in [-0.2, -0.15) is 0 Å². The van der Waals surface area contributed by atoms with Crippen LogP contribution in [0.3, 0.4) is 0 Å². The maximum absolute atomic E-state index is 13.7. The van der Waals surface area contributed by atoms with Crippen LogP contribution in [-0.2, 0) is 0 Å². The molecule has 1 aromatic heterocycles. The van der Waals surface area contributed by atoms with Crippen molar-refractivity contribution in [3.05, 3.63) is 52.2 Å². The van der Waals surface area contributed by atoms with Gasteiger partial charge in [-0.15, -0.1) is 0 Å². The molecule has 1 aromatic carbocycles. The van der Waals surface area contributed by atoms with E-state index in [-0.39, 0.29) is 29.6 Å². The SMILES string of the molecule is Cc1cc(F)cc(C(C)N[C@@H]2CCN(c3nc(C(=O)N(C)C)nc(C)c3C)C2)c1. The lowest BCUT2D eigenvalue weighted by atomic mass is 10.0. The van der Waals surface area contributed by atoms with Gasteiger partial charge in [-0.05, 0) is 57.4 Å². The van der Waals surface area contributed by atoms with Gasteiger partial charge in [0, 0.05) is 50.5 Å². The Hall–Kier alpha value is -2.54. The van der Waals surface area contributed by atoms with Gasteiger partial charge in [0.05, 0.1) is 0 Å². The third-order valence-electron chi connectivity index (χ3n) is 5.50. The van der Waals surface area contributed by atoms with Gasteiger partial charge in [0.2, 0.25) is 5.82 Å². The smallest absolute Gasteiger partial charge is 0.291 e. The van der Waals surface area contributed by atoms with E-state index in [1.165, 1.54) is 4.90 Å². The number of benzene rings is 1. The van der Waals surface area contributed by atoms with Crippen LogP contribution in [0.1, 0.15) is 52.4 Å². The van der Waals surface area contributed by atoms with Gasteiger partial charge in [0.15, 0.2) is 0 Å². The Bertz CT molecular complexity index is 894. The number of anilines is 1. The Morgan fingerprint density at radius 2 is 1.97 bits per heavy atom. The van der Waals surface area contributed by atoms with Crippen LogP contribution in [0.25, 0.3) is 0 Å². The number of nitrogens with zero attached hydrogens (tertiary/aromatic N) is 4. The Morgan fingerprint density at radius 3 is 2.62 bits per heavy atom. The van der Waals surface area contributed by atoms with Crippen LogP contribution in [0.4, 0.5) is 10.2 Å². The van der Waals surface area contributed by atoms with Gasteiger partial charge in [0.1, 0.15) is 11.6 Å². The van der Waals surface area contributed by atoms with Crippen molar-refractivity contribution in [2.24, 2.45) is 0 Å². The molecule has 3 rings (SSSR count). The second-order valence-corrected chi connectivity index (χ2v) is 8.16. The quantitative estimate of drug-likeness (QED) is 0.837. The Morgan fingerprint density at radius 1 is 1.24 bits per heavy atom.